The molecule has 1 atom stereocenters. The molecule has 130 valence electrons. The van der Waals surface area contributed by atoms with Gasteiger partial charge in [-0.2, -0.15) is 5.26 Å². The summed E-state index contributed by atoms with van der Waals surface area (Å²) >= 11 is 0. The second-order valence-corrected chi connectivity index (χ2v) is 5.86. The van der Waals surface area contributed by atoms with E-state index >= 15 is 0 Å². The number of rotatable bonds is 3. The van der Waals surface area contributed by atoms with Crippen LogP contribution in [0, 0.1) is 11.3 Å². The Kier molecular flexibility index (Phi) is 3.66. The molecule has 7 heteroatoms. The summed E-state index contributed by atoms with van der Waals surface area (Å²) in [6.45, 7) is 0. The molecule has 1 aliphatic heterocycles. The Balaban J connectivity index is 1.93. The van der Waals surface area contributed by atoms with Gasteiger partial charge in [0.1, 0.15) is 23.4 Å². The lowest BCUT2D eigenvalue weighted by Gasteiger charge is -2.27. The van der Waals surface area contributed by atoms with Gasteiger partial charge in [-0.1, -0.05) is 12.1 Å². The maximum atomic E-state index is 9.78. The SMILES string of the molecule is COc1ccc(OC)c(C2Nc3nc4ccccc4n3C(N)=C2C#N)c1. The molecule has 2 heterocycles. The molecule has 3 aromatic rings. The molecule has 4 rings (SSSR count). The number of imidazole rings is 1. The summed E-state index contributed by atoms with van der Waals surface area (Å²) in [6, 6.07) is 14.8. The Labute approximate surface area is 150 Å². The van der Waals surface area contributed by atoms with Crippen LogP contribution in [0.4, 0.5) is 5.95 Å². The van der Waals surface area contributed by atoms with Gasteiger partial charge < -0.3 is 20.5 Å². The molecule has 0 bridgehead atoms. The molecular weight excluding hydrogens is 330 g/mol. The van der Waals surface area contributed by atoms with Crippen molar-refractivity contribution in [2.24, 2.45) is 5.73 Å². The van der Waals surface area contributed by atoms with Crippen LogP contribution in [0.15, 0.2) is 48.0 Å². The number of hydrogen-bond acceptors (Lipinski definition) is 6. The monoisotopic (exact) mass is 347 g/mol. The summed E-state index contributed by atoms with van der Waals surface area (Å²) in [5.41, 5.74) is 9.16. The van der Waals surface area contributed by atoms with Crippen molar-refractivity contribution in [2.45, 2.75) is 6.04 Å². The first kappa shape index (κ1) is 15.8. The minimum absolute atomic E-state index is 0.352. The van der Waals surface area contributed by atoms with E-state index in [-0.39, 0.29) is 0 Å². The number of hydrogen-bond donors (Lipinski definition) is 2. The van der Waals surface area contributed by atoms with E-state index < -0.39 is 6.04 Å². The van der Waals surface area contributed by atoms with Crippen LogP contribution in [0.5, 0.6) is 11.5 Å². The average molecular weight is 347 g/mol. The van der Waals surface area contributed by atoms with Crippen LogP contribution < -0.4 is 20.5 Å². The lowest BCUT2D eigenvalue weighted by Crippen LogP contribution is -2.26. The van der Waals surface area contributed by atoms with Crippen LogP contribution in [0.25, 0.3) is 16.9 Å². The number of nitriles is 1. The highest BCUT2D eigenvalue weighted by Gasteiger charge is 2.31. The van der Waals surface area contributed by atoms with E-state index in [1.54, 1.807) is 30.9 Å². The molecule has 7 nitrogen and oxygen atoms in total. The first-order valence-electron chi connectivity index (χ1n) is 8.04. The van der Waals surface area contributed by atoms with Crippen LogP contribution in [-0.4, -0.2) is 23.8 Å². The fourth-order valence-corrected chi connectivity index (χ4v) is 3.26. The number of anilines is 1. The number of benzene rings is 2. The zero-order chi connectivity index (χ0) is 18.3. The third-order valence-corrected chi connectivity index (χ3v) is 4.51. The highest BCUT2D eigenvalue weighted by atomic mass is 16.5. The Hall–Kier alpha value is -3.66. The fraction of sp³-hybridized carbons (Fsp3) is 0.158. The van der Waals surface area contributed by atoms with Gasteiger partial charge in [0.2, 0.25) is 5.95 Å². The van der Waals surface area contributed by atoms with Gasteiger partial charge in [0, 0.05) is 5.56 Å². The smallest absolute Gasteiger partial charge is 0.210 e. The third kappa shape index (κ3) is 2.24. The van der Waals surface area contributed by atoms with Crippen molar-refractivity contribution in [1.29, 1.82) is 5.26 Å². The van der Waals surface area contributed by atoms with Gasteiger partial charge in [0.25, 0.3) is 0 Å². The van der Waals surface area contributed by atoms with Crippen molar-refractivity contribution >= 4 is 22.8 Å². The molecule has 0 spiro atoms. The van der Waals surface area contributed by atoms with Gasteiger partial charge in [-0.05, 0) is 30.3 Å². The fourth-order valence-electron chi connectivity index (χ4n) is 3.26. The van der Waals surface area contributed by atoms with Crippen LogP contribution in [0.1, 0.15) is 11.6 Å². The predicted octanol–water partition coefficient (Wildman–Crippen LogP) is 2.87. The molecule has 0 aliphatic carbocycles. The molecule has 0 amide bonds. The zero-order valence-electron chi connectivity index (χ0n) is 14.4. The second kappa shape index (κ2) is 6.01. The standard InChI is InChI=1S/C19H17N5O2/c1-25-11-7-8-16(26-2)12(9-11)17-13(10-20)18(21)24-15-6-4-3-5-14(15)22-19(24)23-17/h3-9,17H,21H2,1-2H3,(H,22,23). The number of nitrogens with zero attached hydrogens (tertiary/aromatic N) is 3. The van der Waals surface area contributed by atoms with E-state index in [9.17, 15) is 5.26 Å². The highest BCUT2D eigenvalue weighted by Crippen LogP contribution is 2.40. The average Bonchev–Trinajstić information content (AvgIpc) is 3.06. The highest BCUT2D eigenvalue weighted by molar-refractivity contribution is 5.85. The van der Waals surface area contributed by atoms with Crippen molar-refractivity contribution < 1.29 is 9.47 Å². The number of nitrogens with two attached hydrogens (primary N) is 1. The first-order chi connectivity index (χ1) is 12.7. The number of nitrogens with one attached hydrogen (secondary N) is 1. The quantitative estimate of drug-likeness (QED) is 0.756. The van der Waals surface area contributed by atoms with E-state index in [1.807, 2.05) is 30.3 Å². The molecule has 0 saturated heterocycles. The van der Waals surface area contributed by atoms with Crippen molar-refractivity contribution in [3.63, 3.8) is 0 Å². The number of methoxy groups -OCH3 is 2. The van der Waals surface area contributed by atoms with E-state index in [4.69, 9.17) is 15.2 Å². The summed E-state index contributed by atoms with van der Waals surface area (Å²) < 4.78 is 12.6. The minimum atomic E-state index is -0.491. The molecule has 3 N–H and O–H groups in total. The van der Waals surface area contributed by atoms with Gasteiger partial charge in [0.05, 0.1) is 36.9 Å². The normalized spacial score (nSPS) is 16.0. The largest absolute Gasteiger partial charge is 0.497 e. The number of para-hydroxylation sites is 2. The zero-order valence-corrected chi connectivity index (χ0v) is 14.4. The molecule has 0 saturated carbocycles. The van der Waals surface area contributed by atoms with Gasteiger partial charge in [-0.15, -0.1) is 0 Å². The molecule has 1 aromatic heterocycles. The molecule has 1 aliphatic rings. The van der Waals surface area contributed by atoms with Crippen molar-refractivity contribution in [2.75, 3.05) is 19.5 Å². The Morgan fingerprint density at radius 3 is 2.73 bits per heavy atom. The number of fused-ring (bicyclic) bond motifs is 3. The maximum absolute atomic E-state index is 9.78. The maximum Gasteiger partial charge on any atom is 0.210 e. The number of aromatic nitrogens is 2. The minimum Gasteiger partial charge on any atom is -0.497 e. The Morgan fingerprint density at radius 2 is 2.00 bits per heavy atom. The van der Waals surface area contributed by atoms with Gasteiger partial charge in [-0.3, -0.25) is 4.57 Å². The van der Waals surface area contributed by atoms with Crippen LogP contribution in [0.2, 0.25) is 0 Å². The Bertz CT molecular complexity index is 1080. The lowest BCUT2D eigenvalue weighted by atomic mass is 9.97. The molecular formula is C19H17N5O2. The summed E-state index contributed by atoms with van der Waals surface area (Å²) in [7, 11) is 3.18. The topological polar surface area (TPSA) is 98.1 Å². The summed E-state index contributed by atoms with van der Waals surface area (Å²) in [6.07, 6.45) is 0. The number of ether oxygens (including phenoxy) is 2. The molecule has 1 unspecified atom stereocenters. The molecule has 0 fully saturated rings. The summed E-state index contributed by atoms with van der Waals surface area (Å²) in [5.74, 6) is 2.23. The molecule has 26 heavy (non-hydrogen) atoms. The van der Waals surface area contributed by atoms with E-state index in [1.165, 1.54) is 0 Å². The molecule has 2 aromatic carbocycles. The summed E-state index contributed by atoms with van der Waals surface area (Å²) in [5, 5.41) is 13.1. The van der Waals surface area contributed by atoms with Crippen molar-refractivity contribution in [3.8, 4) is 17.6 Å². The lowest BCUT2D eigenvalue weighted by molar-refractivity contribution is 0.397. The van der Waals surface area contributed by atoms with Crippen LogP contribution in [-0.2, 0) is 0 Å². The van der Waals surface area contributed by atoms with Crippen molar-refractivity contribution in [1.82, 2.24) is 9.55 Å². The van der Waals surface area contributed by atoms with Gasteiger partial charge >= 0.3 is 0 Å². The third-order valence-electron chi connectivity index (χ3n) is 4.51. The summed E-state index contributed by atoms with van der Waals surface area (Å²) in [4.78, 5) is 4.60. The van der Waals surface area contributed by atoms with Crippen molar-refractivity contribution in [3.05, 3.63) is 53.6 Å². The van der Waals surface area contributed by atoms with Gasteiger partial charge in [-0.25, -0.2) is 4.98 Å². The van der Waals surface area contributed by atoms with E-state index in [0.717, 1.165) is 16.6 Å². The first-order valence-corrected chi connectivity index (χ1v) is 8.04. The van der Waals surface area contributed by atoms with Gasteiger partial charge in [0.15, 0.2) is 0 Å². The molecule has 0 radical (unpaired) electrons. The van der Waals surface area contributed by atoms with Crippen LogP contribution in [0.3, 0.4) is 0 Å². The predicted molar refractivity (Wildman–Crippen MR) is 98.7 cm³/mol. The Morgan fingerprint density at radius 1 is 1.19 bits per heavy atom. The van der Waals surface area contributed by atoms with E-state index in [2.05, 4.69) is 16.4 Å². The van der Waals surface area contributed by atoms with E-state index in [0.29, 0.717) is 28.8 Å². The van der Waals surface area contributed by atoms with Crippen LogP contribution >= 0.6 is 0 Å². The second-order valence-electron chi connectivity index (χ2n) is 5.86.